The topological polar surface area (TPSA) is 220 Å². The zero-order chi connectivity index (χ0) is 52.2. The van der Waals surface area contributed by atoms with E-state index in [1.165, 1.54) is 12.4 Å². The molecule has 7 rings (SSSR count). The Morgan fingerprint density at radius 1 is 0.877 bits per heavy atom. The van der Waals surface area contributed by atoms with Crippen molar-refractivity contribution >= 4 is 52.2 Å². The number of hydrogen-bond acceptors (Lipinski definition) is 12. The van der Waals surface area contributed by atoms with Gasteiger partial charge in [-0.05, 0) is 121 Å². The summed E-state index contributed by atoms with van der Waals surface area (Å²) in [5, 5.41) is 15.5. The van der Waals surface area contributed by atoms with Crippen molar-refractivity contribution in [3.8, 4) is 0 Å². The van der Waals surface area contributed by atoms with Gasteiger partial charge in [-0.15, -0.1) is 0 Å². The van der Waals surface area contributed by atoms with Gasteiger partial charge in [0.15, 0.2) is 0 Å². The number of likely N-dealkylation sites (tertiary alicyclic amines) is 2. The Labute approximate surface area is 425 Å². The molecule has 0 spiro atoms. The van der Waals surface area contributed by atoms with E-state index in [1.54, 1.807) is 30.4 Å². The maximum atomic E-state index is 14.1. The predicted octanol–water partition coefficient (Wildman–Crippen LogP) is 4.90. The summed E-state index contributed by atoms with van der Waals surface area (Å²) < 4.78 is 46.5. The summed E-state index contributed by atoms with van der Waals surface area (Å²) in [6, 6.07) is 5.70. The number of carbonyl (C=O) groups is 6. The number of aromatic nitrogens is 3. The van der Waals surface area contributed by atoms with Gasteiger partial charge in [0.2, 0.25) is 35.4 Å². The molecular weight excluding hydrogens is 948 g/mol. The van der Waals surface area contributed by atoms with Gasteiger partial charge in [0, 0.05) is 101 Å². The van der Waals surface area contributed by atoms with Gasteiger partial charge in [-0.25, -0.2) is 9.97 Å². The minimum Gasteiger partial charge on any atom is -0.381 e. The van der Waals surface area contributed by atoms with E-state index in [0.717, 1.165) is 24.1 Å². The van der Waals surface area contributed by atoms with Crippen molar-refractivity contribution in [2.75, 3.05) is 52.3 Å². The summed E-state index contributed by atoms with van der Waals surface area (Å²) in [6.45, 7) is 6.40. The highest BCUT2D eigenvalue weighted by Gasteiger charge is 2.45. The zero-order valence-electron chi connectivity index (χ0n) is 42.4. The average molecular weight is 1020 g/mol. The molecule has 2 saturated heterocycles. The number of anilines is 1. The van der Waals surface area contributed by atoms with Gasteiger partial charge in [0.25, 0.3) is 0 Å². The fourth-order valence-corrected chi connectivity index (χ4v) is 10.9. The van der Waals surface area contributed by atoms with E-state index in [2.05, 4.69) is 67.3 Å². The first kappa shape index (κ1) is 54.8. The summed E-state index contributed by atoms with van der Waals surface area (Å²) in [7, 11) is 3.78. The maximum absolute atomic E-state index is 14.1. The standard InChI is InChI=1S/C52H72F3N11O7/c1-32(2)64(3)37-17-19-43(66-24-20-41(51(66)72)62-48-38-27-35(52(53,54)55)14-18-40(38)59-31-60-48)42(28-37)63-49(70)33-12-15-36(16-13-33)61-45(68)11-5-10-44(67)57-22-7-25-73-26-8-23-58-50(71)39-29-46(69)65(4)47(39)34-9-6-21-56-30-34/h6,9,14,18,21,27,30-33,36-37,39,41-43,47H,5,7-8,10-13,15-17,19-20,22-26,28-29H2,1-4H3,(H,57,67)(H,58,71)(H,61,68)(H,63,70)(H,59,60,62)/t33?,36?,37-,39+,41+,42-,43+,47-/m1/s1. The highest BCUT2D eigenvalue weighted by Crippen LogP contribution is 2.38. The molecule has 398 valence electrons. The molecule has 4 aliphatic rings. The third kappa shape index (κ3) is 14.4. The lowest BCUT2D eigenvalue weighted by Gasteiger charge is -2.45. The fraction of sp³-hybridized carbons (Fsp3) is 0.635. The Balaban J connectivity index is 0.773. The second-order valence-corrected chi connectivity index (χ2v) is 20.4. The third-order valence-corrected chi connectivity index (χ3v) is 15.2. The number of amides is 6. The van der Waals surface area contributed by atoms with Crippen molar-refractivity contribution in [1.82, 2.24) is 50.9 Å². The second kappa shape index (κ2) is 25.3. The molecule has 2 saturated carbocycles. The lowest BCUT2D eigenvalue weighted by molar-refractivity contribution is -0.137. The average Bonchev–Trinajstić information content (AvgIpc) is 3.88. The molecule has 1 aromatic carbocycles. The summed E-state index contributed by atoms with van der Waals surface area (Å²) in [5.74, 6) is -1.35. The van der Waals surface area contributed by atoms with Crippen LogP contribution in [0.15, 0.2) is 49.1 Å². The molecule has 4 fully saturated rings. The molecule has 18 nitrogen and oxygen atoms in total. The van der Waals surface area contributed by atoms with E-state index < -0.39 is 23.7 Å². The monoisotopic (exact) mass is 1020 g/mol. The Bertz CT molecular complexity index is 2390. The van der Waals surface area contributed by atoms with Crippen LogP contribution in [0.2, 0.25) is 0 Å². The lowest BCUT2D eigenvalue weighted by atomic mass is 9.82. The Kier molecular flexibility index (Phi) is 19.0. The van der Waals surface area contributed by atoms with Crippen molar-refractivity contribution < 1.29 is 46.7 Å². The van der Waals surface area contributed by atoms with Crippen LogP contribution in [0.3, 0.4) is 0 Å². The number of rotatable bonds is 22. The first-order valence-corrected chi connectivity index (χ1v) is 26.0. The number of pyridine rings is 1. The van der Waals surface area contributed by atoms with Crippen LogP contribution < -0.4 is 26.6 Å². The van der Waals surface area contributed by atoms with Crippen LogP contribution in [0.1, 0.15) is 121 Å². The van der Waals surface area contributed by atoms with Crippen LogP contribution in [0, 0.1) is 11.8 Å². The number of nitrogens with one attached hydrogen (secondary N) is 5. The minimum absolute atomic E-state index is 0.0656. The van der Waals surface area contributed by atoms with Gasteiger partial charge in [-0.2, -0.15) is 13.2 Å². The summed E-state index contributed by atoms with van der Waals surface area (Å²) in [4.78, 5) is 96.9. The van der Waals surface area contributed by atoms with E-state index in [1.807, 2.05) is 11.0 Å². The molecule has 0 bridgehead atoms. The van der Waals surface area contributed by atoms with E-state index in [0.29, 0.717) is 103 Å². The number of alkyl halides is 3. The molecule has 2 aliphatic carbocycles. The van der Waals surface area contributed by atoms with Gasteiger partial charge >= 0.3 is 6.18 Å². The maximum Gasteiger partial charge on any atom is 0.416 e. The molecule has 2 aliphatic heterocycles. The van der Waals surface area contributed by atoms with Crippen LogP contribution in [-0.4, -0.2) is 148 Å². The molecule has 6 amide bonds. The molecule has 6 atom stereocenters. The van der Waals surface area contributed by atoms with Crippen LogP contribution >= 0.6 is 0 Å². The van der Waals surface area contributed by atoms with Crippen LogP contribution in [0.5, 0.6) is 0 Å². The first-order valence-electron chi connectivity index (χ1n) is 26.0. The van der Waals surface area contributed by atoms with E-state index in [4.69, 9.17) is 4.74 Å². The van der Waals surface area contributed by atoms with Gasteiger partial charge in [0.05, 0.1) is 35.1 Å². The normalized spacial score (nSPS) is 24.6. The van der Waals surface area contributed by atoms with Crippen LogP contribution in [0.4, 0.5) is 19.0 Å². The predicted molar refractivity (Wildman–Crippen MR) is 266 cm³/mol. The Morgan fingerprint density at radius 2 is 1.62 bits per heavy atom. The first-order chi connectivity index (χ1) is 35.0. The van der Waals surface area contributed by atoms with E-state index in [9.17, 15) is 41.9 Å². The van der Waals surface area contributed by atoms with Crippen molar-refractivity contribution in [2.24, 2.45) is 11.8 Å². The molecule has 0 radical (unpaired) electrons. The third-order valence-electron chi connectivity index (χ3n) is 15.2. The largest absolute Gasteiger partial charge is 0.416 e. The number of hydrogen-bond donors (Lipinski definition) is 5. The molecule has 2 aromatic heterocycles. The Hall–Kier alpha value is -5.96. The zero-order valence-corrected chi connectivity index (χ0v) is 42.4. The highest BCUT2D eigenvalue weighted by molar-refractivity contribution is 5.94. The Morgan fingerprint density at radius 3 is 2.33 bits per heavy atom. The van der Waals surface area contributed by atoms with Crippen LogP contribution in [0.25, 0.3) is 10.9 Å². The summed E-state index contributed by atoms with van der Waals surface area (Å²) in [6.07, 6.45) is 7.31. The van der Waals surface area contributed by atoms with Crippen molar-refractivity contribution in [3.05, 3.63) is 60.2 Å². The van der Waals surface area contributed by atoms with Crippen molar-refractivity contribution in [1.29, 1.82) is 0 Å². The number of carbonyl (C=O) groups excluding carboxylic acids is 6. The molecule has 73 heavy (non-hydrogen) atoms. The van der Waals surface area contributed by atoms with Gasteiger partial charge < -0.3 is 46.0 Å². The minimum atomic E-state index is -4.55. The number of nitrogens with zero attached hydrogens (tertiary/aromatic N) is 6. The molecule has 3 aromatic rings. The summed E-state index contributed by atoms with van der Waals surface area (Å²) in [5.41, 5.74) is 0.323. The fourth-order valence-electron chi connectivity index (χ4n) is 10.9. The van der Waals surface area contributed by atoms with Gasteiger partial charge in [-0.3, -0.25) is 33.8 Å². The van der Waals surface area contributed by atoms with Crippen molar-refractivity contribution in [2.45, 2.75) is 152 Å². The smallest absolute Gasteiger partial charge is 0.381 e. The lowest BCUT2D eigenvalue weighted by Crippen LogP contribution is -2.59. The van der Waals surface area contributed by atoms with Crippen molar-refractivity contribution in [3.63, 3.8) is 0 Å². The molecule has 0 unspecified atom stereocenters. The number of fused-ring (bicyclic) bond motifs is 1. The molecule has 21 heteroatoms. The van der Waals surface area contributed by atoms with Crippen LogP contribution in [-0.2, 0) is 39.7 Å². The molecular formula is C52H72F3N11O7. The van der Waals surface area contributed by atoms with E-state index >= 15 is 0 Å². The molecule has 4 heterocycles. The summed E-state index contributed by atoms with van der Waals surface area (Å²) >= 11 is 0. The number of benzene rings is 1. The second-order valence-electron chi connectivity index (χ2n) is 20.4. The number of halogens is 3. The SMILES string of the molecule is CC(C)N(C)[C@@H]1CC[C@H](N2CC[C@H](Nc3ncnc4ccc(C(F)(F)F)cc34)C2=O)[C@H](NC(=O)C2CCC(NC(=O)CCCC(=O)NCCCOCCCNC(=O)[C@H]3CC(=O)N(C)[C@@H]3c3cccnc3)CC2)C1. The molecule has 5 N–H and O–H groups in total. The van der Waals surface area contributed by atoms with Gasteiger partial charge in [0.1, 0.15) is 18.2 Å². The number of ether oxygens (including phenoxy) is 1. The van der Waals surface area contributed by atoms with Gasteiger partial charge in [-0.1, -0.05) is 6.07 Å². The quantitative estimate of drug-likeness (QED) is 0.0850. The highest BCUT2D eigenvalue weighted by atomic mass is 19.4. The van der Waals surface area contributed by atoms with E-state index in [-0.39, 0.29) is 108 Å².